The number of hydroxylamine groups is 1. The molecule has 8 heteroatoms. The number of nitrogens with one attached hydrogen (secondary N) is 2. The van der Waals surface area contributed by atoms with E-state index in [2.05, 4.69) is 30.8 Å². The number of hydrogen-bond acceptors (Lipinski definition) is 5. The summed E-state index contributed by atoms with van der Waals surface area (Å²) < 4.78 is 11.4. The van der Waals surface area contributed by atoms with E-state index >= 15 is 0 Å². The first-order valence-corrected chi connectivity index (χ1v) is 16.1. The molecule has 110 valence electrons. The summed E-state index contributed by atoms with van der Waals surface area (Å²) in [5.74, 6) is -0.743. The number of rotatable bonds is 10. The maximum atomic E-state index is 10.1. The molecule has 0 spiro atoms. The van der Waals surface area contributed by atoms with Gasteiger partial charge >= 0.3 is 0 Å². The van der Waals surface area contributed by atoms with E-state index in [0.29, 0.717) is 0 Å². The first kappa shape index (κ1) is 18.5. The van der Waals surface area contributed by atoms with Crippen molar-refractivity contribution in [2.75, 3.05) is 19.6 Å². The second-order valence-corrected chi connectivity index (χ2v) is 21.5. The van der Waals surface area contributed by atoms with Gasteiger partial charge in [0.25, 0.3) is 8.32 Å². The first-order valence-electron chi connectivity index (χ1n) is 6.66. The Morgan fingerprint density at radius 3 is 2.28 bits per heavy atom. The Bertz CT molecular complexity index is 225. The molecule has 0 aliphatic rings. The minimum Gasteiger partial charge on any atom is -0.398 e. The number of hydrogen-bond donors (Lipinski definition) is 3. The Kier molecular flexibility index (Phi) is 8.80. The van der Waals surface area contributed by atoms with Crippen LogP contribution in [0.15, 0.2) is 0 Å². The third kappa shape index (κ3) is 9.39. The minimum atomic E-state index is -2.23. The Hall–Kier alpha value is 0.451. The highest BCUT2D eigenvalue weighted by Crippen LogP contribution is 2.13. The minimum absolute atomic E-state index is 0.741. The van der Waals surface area contributed by atoms with Crippen LogP contribution in [0.1, 0.15) is 13.3 Å². The number of aliphatic hydroxyl groups is 1. The lowest BCUT2D eigenvalue weighted by molar-refractivity contribution is 0.0117. The fourth-order valence-electron chi connectivity index (χ4n) is 1.21. The summed E-state index contributed by atoms with van der Waals surface area (Å²) in [4.78, 5) is 0. The van der Waals surface area contributed by atoms with E-state index in [0.717, 1.165) is 35.8 Å². The zero-order chi connectivity index (χ0) is 14.2. The van der Waals surface area contributed by atoms with Gasteiger partial charge in [0.05, 0.1) is 0 Å². The summed E-state index contributed by atoms with van der Waals surface area (Å²) in [6.07, 6.45) is 1.13. The molecule has 0 saturated carbocycles. The molecule has 1 atom stereocenters. The molecule has 0 aliphatic heterocycles. The van der Waals surface area contributed by atoms with Crippen LogP contribution in [-0.2, 0) is 8.95 Å². The van der Waals surface area contributed by atoms with Crippen LogP contribution < -0.4 is 10.8 Å². The van der Waals surface area contributed by atoms with Crippen LogP contribution in [0, 0.1) is 0 Å². The predicted octanol–water partition coefficient (Wildman–Crippen LogP) is -0.346. The molecule has 3 N–H and O–H groups in total. The average molecular weight is 311 g/mol. The summed E-state index contributed by atoms with van der Waals surface area (Å²) in [5.41, 5.74) is 2.94. The number of aliphatic hydroxyl groups excluding tert-OH is 1. The topological polar surface area (TPSA) is 62.8 Å². The van der Waals surface area contributed by atoms with Gasteiger partial charge in [0.2, 0.25) is 0 Å². The largest absolute Gasteiger partial charge is 0.398 e. The van der Waals surface area contributed by atoms with Gasteiger partial charge in [-0.3, -0.25) is 0 Å². The normalized spacial score (nSPS) is 15.0. The van der Waals surface area contributed by atoms with Gasteiger partial charge < -0.3 is 19.4 Å². The summed E-state index contributed by atoms with van der Waals surface area (Å²) in [5, 5.41) is 13.3. The molecule has 18 heavy (non-hydrogen) atoms. The van der Waals surface area contributed by atoms with Crippen LogP contribution in [0.3, 0.4) is 0 Å². The molecule has 1 unspecified atom stereocenters. The highest BCUT2D eigenvalue weighted by molar-refractivity contribution is 7.12. The van der Waals surface area contributed by atoms with Crippen molar-refractivity contribution in [2.24, 2.45) is 0 Å². The maximum Gasteiger partial charge on any atom is 0.273 e. The Morgan fingerprint density at radius 1 is 1.17 bits per heavy atom. The summed E-state index contributed by atoms with van der Waals surface area (Å²) in [6, 6.07) is 0. The molecule has 0 rings (SSSR count). The van der Waals surface area contributed by atoms with Crippen LogP contribution in [0.5, 0.6) is 0 Å². The summed E-state index contributed by atoms with van der Waals surface area (Å²) >= 11 is 0. The SMILES string of the molecule is CCCNCCNO[Si](C)(C)C(O)O[Si](C)(C)[SiH3]. The summed E-state index contributed by atoms with van der Waals surface area (Å²) in [7, 11) is -2.82. The molecule has 0 fully saturated rings. The van der Waals surface area contributed by atoms with Gasteiger partial charge in [-0.25, -0.2) is 5.48 Å². The van der Waals surface area contributed by atoms with Gasteiger partial charge in [-0.05, 0) is 39.2 Å². The molecule has 0 heterocycles. The van der Waals surface area contributed by atoms with E-state index in [4.69, 9.17) is 8.95 Å². The second kappa shape index (κ2) is 8.59. The van der Waals surface area contributed by atoms with E-state index in [1.807, 2.05) is 13.1 Å². The highest BCUT2D eigenvalue weighted by Gasteiger charge is 2.37. The zero-order valence-corrected chi connectivity index (χ0v) is 16.7. The molecule has 0 aromatic rings. The van der Waals surface area contributed by atoms with Crippen molar-refractivity contribution in [3.63, 3.8) is 0 Å². The molecule has 0 saturated heterocycles. The van der Waals surface area contributed by atoms with Crippen molar-refractivity contribution < 1.29 is 14.1 Å². The Morgan fingerprint density at radius 2 is 1.78 bits per heavy atom. The van der Waals surface area contributed by atoms with E-state index in [1.54, 1.807) is 0 Å². The molecule has 0 aromatic carbocycles. The van der Waals surface area contributed by atoms with Crippen molar-refractivity contribution in [1.82, 2.24) is 10.8 Å². The molecule has 0 aliphatic carbocycles. The molecule has 0 bridgehead atoms. The third-order valence-corrected chi connectivity index (χ3v) is 6.08. The lowest BCUT2D eigenvalue weighted by Gasteiger charge is -2.32. The van der Waals surface area contributed by atoms with Crippen molar-refractivity contribution in [3.05, 3.63) is 0 Å². The molecule has 0 aromatic heterocycles. The van der Waals surface area contributed by atoms with Gasteiger partial charge in [-0.2, -0.15) is 0 Å². The van der Waals surface area contributed by atoms with E-state index < -0.39 is 22.1 Å². The van der Waals surface area contributed by atoms with Gasteiger partial charge in [0.15, 0.2) is 13.7 Å². The zero-order valence-electron chi connectivity index (χ0n) is 12.7. The molecular weight excluding hydrogens is 280 g/mol. The molecule has 0 radical (unpaired) electrons. The average Bonchev–Trinajstić information content (AvgIpc) is 2.20. The monoisotopic (exact) mass is 310 g/mol. The Labute approximate surface area is 116 Å². The fourth-order valence-corrected chi connectivity index (χ4v) is 6.02. The highest BCUT2D eigenvalue weighted by atomic mass is 29.2. The van der Waals surface area contributed by atoms with Gasteiger partial charge in [-0.15, -0.1) is 0 Å². The Balaban J connectivity index is 3.85. The van der Waals surface area contributed by atoms with Crippen LogP contribution >= 0.6 is 0 Å². The quantitative estimate of drug-likeness (QED) is 0.223. The van der Waals surface area contributed by atoms with Gasteiger partial charge in [0, 0.05) is 22.8 Å². The third-order valence-electron chi connectivity index (χ3n) is 2.23. The predicted molar refractivity (Wildman–Crippen MR) is 84.2 cm³/mol. The van der Waals surface area contributed by atoms with Crippen LogP contribution in [0.4, 0.5) is 0 Å². The van der Waals surface area contributed by atoms with Gasteiger partial charge in [0.1, 0.15) is 0 Å². The van der Waals surface area contributed by atoms with Gasteiger partial charge in [-0.1, -0.05) is 6.92 Å². The van der Waals surface area contributed by atoms with E-state index in [9.17, 15) is 5.11 Å². The molecule has 5 nitrogen and oxygen atoms in total. The smallest absolute Gasteiger partial charge is 0.273 e. The van der Waals surface area contributed by atoms with Crippen molar-refractivity contribution >= 4 is 25.9 Å². The lowest BCUT2D eigenvalue weighted by Crippen LogP contribution is -2.54. The first-order chi connectivity index (χ1) is 8.19. The van der Waals surface area contributed by atoms with Crippen molar-refractivity contribution in [2.45, 2.75) is 45.4 Å². The fraction of sp³-hybridized carbons (Fsp3) is 1.00. The molecular formula is C10H30N2O3Si3. The standard InChI is InChI=1S/C10H30N2O3Si3/c1-6-7-11-8-9-12-15-17(2,3)10(13)14-18(4,5)16/h10-13H,6-9H2,1-5,16H3. The van der Waals surface area contributed by atoms with Crippen LogP contribution in [-0.4, -0.2) is 56.6 Å². The van der Waals surface area contributed by atoms with Crippen molar-refractivity contribution in [1.29, 1.82) is 0 Å². The van der Waals surface area contributed by atoms with E-state index in [-0.39, 0.29) is 0 Å². The second-order valence-electron chi connectivity index (χ2n) is 5.93. The lowest BCUT2D eigenvalue weighted by atomic mass is 10.5. The maximum absolute atomic E-state index is 10.1. The van der Waals surface area contributed by atoms with Crippen LogP contribution in [0.2, 0.25) is 26.2 Å². The molecule has 0 amide bonds. The van der Waals surface area contributed by atoms with Crippen LogP contribution in [0.25, 0.3) is 0 Å². The summed E-state index contributed by atoms with van der Waals surface area (Å²) in [6.45, 7) is 12.9. The van der Waals surface area contributed by atoms with E-state index in [1.165, 1.54) is 0 Å². The van der Waals surface area contributed by atoms with Crippen molar-refractivity contribution in [3.8, 4) is 0 Å².